The first-order chi connectivity index (χ1) is 6.36. The summed E-state index contributed by atoms with van der Waals surface area (Å²) in [5.41, 5.74) is 1.09. The van der Waals surface area contributed by atoms with Crippen LogP contribution in [0.4, 0.5) is 4.39 Å². The molecular weight excluding hydrogens is 203 g/mol. The van der Waals surface area contributed by atoms with Crippen molar-refractivity contribution in [3.63, 3.8) is 0 Å². The summed E-state index contributed by atoms with van der Waals surface area (Å²) in [7, 11) is 0. The topological polar surface area (TPSA) is 24.9 Å². The molecule has 0 atom stereocenters. The average molecular weight is 217 g/mol. The largest absolute Gasteiger partial charge is 0.317 e. The second kappa shape index (κ2) is 5.27. The molecule has 2 rings (SSSR count). The molecule has 0 radical (unpaired) electrons. The number of nitrogens with zero attached hydrogens (tertiary/aromatic N) is 1. The number of nitrogens with one attached hydrogen (secondary N) is 1. The molecule has 0 spiro atoms. The van der Waals surface area contributed by atoms with E-state index in [9.17, 15) is 4.39 Å². The minimum atomic E-state index is -0.365. The Morgan fingerprint density at radius 3 is 2.71 bits per heavy atom. The van der Waals surface area contributed by atoms with Gasteiger partial charge in [-0.2, -0.15) is 4.39 Å². The fraction of sp³-hybridized carbons (Fsp3) is 0.500. The molecule has 0 amide bonds. The Labute approximate surface area is 89.3 Å². The monoisotopic (exact) mass is 216 g/mol. The van der Waals surface area contributed by atoms with E-state index in [4.69, 9.17) is 0 Å². The van der Waals surface area contributed by atoms with Gasteiger partial charge in [0.25, 0.3) is 0 Å². The van der Waals surface area contributed by atoms with Gasteiger partial charge in [0.1, 0.15) is 0 Å². The number of hydrogen-bond acceptors (Lipinski definition) is 2. The van der Waals surface area contributed by atoms with Crippen molar-refractivity contribution in [1.29, 1.82) is 0 Å². The normalized spacial score (nSPS) is 17.5. The minimum absolute atomic E-state index is 0. The van der Waals surface area contributed by atoms with E-state index in [0.29, 0.717) is 5.92 Å². The van der Waals surface area contributed by atoms with E-state index in [0.717, 1.165) is 31.5 Å². The van der Waals surface area contributed by atoms with Gasteiger partial charge in [-0.1, -0.05) is 0 Å². The standard InChI is InChI=1S/C10H13FN2.ClH/c11-10-7-9(3-6-13-10)8-1-4-12-5-2-8;/h3,6-8,12H,1-2,4-5H2;1H. The number of hydrogen-bond donors (Lipinski definition) is 1. The molecule has 1 saturated heterocycles. The molecule has 14 heavy (non-hydrogen) atoms. The second-order valence-corrected chi connectivity index (χ2v) is 3.44. The lowest BCUT2D eigenvalue weighted by Gasteiger charge is -2.22. The van der Waals surface area contributed by atoms with Gasteiger partial charge in [-0.15, -0.1) is 12.4 Å². The van der Waals surface area contributed by atoms with E-state index in [2.05, 4.69) is 10.3 Å². The van der Waals surface area contributed by atoms with Gasteiger partial charge >= 0.3 is 0 Å². The maximum Gasteiger partial charge on any atom is 0.213 e. The molecule has 0 aromatic carbocycles. The van der Waals surface area contributed by atoms with Crippen molar-refractivity contribution in [3.8, 4) is 0 Å². The molecule has 0 unspecified atom stereocenters. The van der Waals surface area contributed by atoms with E-state index in [1.807, 2.05) is 6.07 Å². The van der Waals surface area contributed by atoms with E-state index >= 15 is 0 Å². The quantitative estimate of drug-likeness (QED) is 0.728. The smallest absolute Gasteiger partial charge is 0.213 e. The first-order valence-corrected chi connectivity index (χ1v) is 4.68. The van der Waals surface area contributed by atoms with Gasteiger partial charge in [-0.3, -0.25) is 0 Å². The van der Waals surface area contributed by atoms with Crippen LogP contribution in [0.25, 0.3) is 0 Å². The summed E-state index contributed by atoms with van der Waals surface area (Å²) in [5, 5.41) is 3.29. The van der Waals surface area contributed by atoms with Crippen molar-refractivity contribution >= 4 is 12.4 Å². The summed E-state index contributed by atoms with van der Waals surface area (Å²) in [4.78, 5) is 3.55. The van der Waals surface area contributed by atoms with Crippen molar-refractivity contribution in [2.24, 2.45) is 0 Å². The lowest BCUT2D eigenvalue weighted by molar-refractivity contribution is 0.457. The van der Waals surface area contributed by atoms with Gasteiger partial charge in [0.15, 0.2) is 0 Å². The van der Waals surface area contributed by atoms with Gasteiger partial charge in [0, 0.05) is 6.20 Å². The molecule has 0 aliphatic carbocycles. The van der Waals surface area contributed by atoms with Crippen LogP contribution < -0.4 is 5.32 Å². The second-order valence-electron chi connectivity index (χ2n) is 3.44. The van der Waals surface area contributed by atoms with Crippen molar-refractivity contribution in [2.45, 2.75) is 18.8 Å². The number of piperidine rings is 1. The number of halogens is 2. The fourth-order valence-electron chi connectivity index (χ4n) is 1.83. The minimum Gasteiger partial charge on any atom is -0.317 e. The first kappa shape index (κ1) is 11.4. The molecule has 1 aliphatic rings. The molecule has 4 heteroatoms. The van der Waals surface area contributed by atoms with Gasteiger partial charge in [-0.05, 0) is 49.5 Å². The highest BCUT2D eigenvalue weighted by Gasteiger charge is 2.15. The Hall–Kier alpha value is -0.670. The lowest BCUT2D eigenvalue weighted by Crippen LogP contribution is -2.26. The van der Waals surface area contributed by atoms with Crippen molar-refractivity contribution in [1.82, 2.24) is 10.3 Å². The molecule has 78 valence electrons. The van der Waals surface area contributed by atoms with Crippen LogP contribution in [0, 0.1) is 5.95 Å². The summed E-state index contributed by atoms with van der Waals surface area (Å²) in [5.74, 6) is 0.148. The summed E-state index contributed by atoms with van der Waals surface area (Å²) >= 11 is 0. The summed E-state index contributed by atoms with van der Waals surface area (Å²) < 4.78 is 12.8. The number of rotatable bonds is 1. The van der Waals surface area contributed by atoms with Gasteiger partial charge in [0.2, 0.25) is 5.95 Å². The van der Waals surface area contributed by atoms with Crippen LogP contribution in [0.1, 0.15) is 24.3 Å². The van der Waals surface area contributed by atoms with E-state index < -0.39 is 0 Å². The molecule has 1 aliphatic heterocycles. The molecule has 0 bridgehead atoms. The lowest BCUT2D eigenvalue weighted by atomic mass is 9.91. The van der Waals surface area contributed by atoms with Gasteiger partial charge in [-0.25, -0.2) is 4.98 Å². The molecule has 1 aromatic heterocycles. The molecule has 1 aromatic rings. The van der Waals surface area contributed by atoms with Crippen molar-refractivity contribution < 1.29 is 4.39 Å². The zero-order valence-corrected chi connectivity index (χ0v) is 8.69. The van der Waals surface area contributed by atoms with E-state index in [1.165, 1.54) is 0 Å². The summed E-state index contributed by atoms with van der Waals surface area (Å²) in [6.07, 6.45) is 3.75. The zero-order valence-electron chi connectivity index (χ0n) is 7.87. The van der Waals surface area contributed by atoms with Gasteiger partial charge in [0.05, 0.1) is 0 Å². The molecule has 1 N–H and O–H groups in total. The predicted octanol–water partition coefficient (Wildman–Crippen LogP) is 2.11. The fourth-order valence-corrected chi connectivity index (χ4v) is 1.83. The molecule has 0 saturated carbocycles. The molecule has 1 fully saturated rings. The Kier molecular flexibility index (Phi) is 4.29. The van der Waals surface area contributed by atoms with E-state index in [-0.39, 0.29) is 18.4 Å². The Bertz CT molecular complexity index is 287. The van der Waals surface area contributed by atoms with Crippen LogP contribution in [0.5, 0.6) is 0 Å². The highest BCUT2D eigenvalue weighted by molar-refractivity contribution is 5.85. The number of aromatic nitrogens is 1. The summed E-state index contributed by atoms with van der Waals surface area (Å²) in [6.45, 7) is 2.07. The molecule has 2 heterocycles. The van der Waals surface area contributed by atoms with Gasteiger partial charge < -0.3 is 5.32 Å². The molecular formula is C10H14ClFN2. The maximum atomic E-state index is 12.8. The Balaban J connectivity index is 0.000000980. The van der Waals surface area contributed by atoms with Crippen molar-refractivity contribution in [3.05, 3.63) is 29.8 Å². The maximum absolute atomic E-state index is 12.8. The van der Waals surface area contributed by atoms with Crippen LogP contribution in [0.2, 0.25) is 0 Å². The number of pyridine rings is 1. The van der Waals surface area contributed by atoms with Crippen LogP contribution in [0.3, 0.4) is 0 Å². The predicted molar refractivity (Wildman–Crippen MR) is 56.3 cm³/mol. The average Bonchev–Trinajstić information content (AvgIpc) is 2.19. The van der Waals surface area contributed by atoms with Crippen LogP contribution in [-0.2, 0) is 0 Å². The van der Waals surface area contributed by atoms with E-state index in [1.54, 1.807) is 12.3 Å². The summed E-state index contributed by atoms with van der Waals surface area (Å²) in [6, 6.07) is 3.47. The highest BCUT2D eigenvalue weighted by Crippen LogP contribution is 2.24. The SMILES string of the molecule is Cl.Fc1cc(C2CCNCC2)ccn1. The van der Waals surface area contributed by atoms with Crippen LogP contribution in [-0.4, -0.2) is 18.1 Å². The third-order valence-corrected chi connectivity index (χ3v) is 2.56. The first-order valence-electron chi connectivity index (χ1n) is 4.68. The third kappa shape index (κ3) is 2.66. The highest BCUT2D eigenvalue weighted by atomic mass is 35.5. The Morgan fingerprint density at radius 1 is 1.36 bits per heavy atom. The zero-order chi connectivity index (χ0) is 9.10. The Morgan fingerprint density at radius 2 is 2.07 bits per heavy atom. The third-order valence-electron chi connectivity index (χ3n) is 2.56. The molecule has 2 nitrogen and oxygen atoms in total. The van der Waals surface area contributed by atoms with Crippen LogP contribution in [0.15, 0.2) is 18.3 Å². The van der Waals surface area contributed by atoms with Crippen molar-refractivity contribution in [2.75, 3.05) is 13.1 Å². The van der Waals surface area contributed by atoms with Crippen LogP contribution >= 0.6 is 12.4 Å².